The van der Waals surface area contributed by atoms with E-state index >= 15 is 0 Å². The minimum absolute atomic E-state index is 0.458. The Morgan fingerprint density at radius 2 is 1.83 bits per heavy atom. The van der Waals surface area contributed by atoms with Gasteiger partial charge in [-0.3, -0.25) is 20.2 Å². The summed E-state index contributed by atoms with van der Waals surface area (Å²) >= 11 is 0. The molecule has 1 aromatic rings. The lowest BCUT2D eigenvalue weighted by atomic mass is 10.1. The van der Waals surface area contributed by atoms with E-state index in [4.69, 9.17) is 10.8 Å². The first-order chi connectivity index (χ1) is 8.31. The maximum atomic E-state index is 11.0. The van der Waals surface area contributed by atoms with Gasteiger partial charge in [0.1, 0.15) is 5.69 Å². The number of nitro benzene ring substituents is 2. The van der Waals surface area contributed by atoms with Crippen molar-refractivity contribution in [3.05, 3.63) is 31.9 Å². The van der Waals surface area contributed by atoms with Gasteiger partial charge >= 0.3 is 17.3 Å². The largest absolute Gasteiger partial charge is 0.490 e. The molecule has 10 heteroatoms. The number of hydrogen-bond acceptors (Lipinski definition) is 7. The molecule has 0 aliphatic rings. The summed E-state index contributed by atoms with van der Waals surface area (Å²) in [5.74, 6) is -2.29. The third-order valence-electron chi connectivity index (χ3n) is 2.07. The Labute approximate surface area is 98.9 Å². The van der Waals surface area contributed by atoms with Crippen LogP contribution in [0.4, 0.5) is 17.1 Å². The van der Waals surface area contributed by atoms with Crippen LogP contribution < -0.4 is 10.5 Å². The van der Waals surface area contributed by atoms with E-state index in [2.05, 4.69) is 4.74 Å². The minimum Gasteiger partial charge on any atom is -0.490 e. The molecule has 10 nitrogen and oxygen atoms in total. The predicted octanol–water partition coefficient (Wildman–Crippen LogP) is 0.792. The van der Waals surface area contributed by atoms with E-state index in [1.165, 1.54) is 0 Å². The van der Waals surface area contributed by atoms with Crippen LogP contribution in [0, 0.1) is 20.2 Å². The van der Waals surface area contributed by atoms with Crippen LogP contribution in [0.15, 0.2) is 6.07 Å². The highest BCUT2D eigenvalue weighted by Crippen LogP contribution is 2.41. The second-order valence-electron chi connectivity index (χ2n) is 3.06. The van der Waals surface area contributed by atoms with E-state index < -0.39 is 44.2 Å². The standard InChI is InChI=1S/C8H7N3O7/c1-18-4-2-3(9)6(10(14)15)5(8(12)13)7(4)11(16)17/h2H,9H2,1H3,(H,12,13). The van der Waals surface area contributed by atoms with Crippen molar-refractivity contribution in [2.45, 2.75) is 0 Å². The summed E-state index contributed by atoms with van der Waals surface area (Å²) in [6.45, 7) is 0. The van der Waals surface area contributed by atoms with E-state index in [-0.39, 0.29) is 0 Å². The Morgan fingerprint density at radius 1 is 1.33 bits per heavy atom. The maximum Gasteiger partial charge on any atom is 0.350 e. The van der Waals surface area contributed by atoms with Gasteiger partial charge in [-0.15, -0.1) is 0 Å². The van der Waals surface area contributed by atoms with Crippen LogP contribution in [0.5, 0.6) is 5.75 Å². The quantitative estimate of drug-likeness (QED) is 0.454. The van der Waals surface area contributed by atoms with Gasteiger partial charge in [-0.2, -0.15) is 0 Å². The van der Waals surface area contributed by atoms with Gasteiger partial charge in [0, 0.05) is 6.07 Å². The van der Waals surface area contributed by atoms with Gasteiger partial charge in [0.15, 0.2) is 5.75 Å². The molecule has 3 N–H and O–H groups in total. The van der Waals surface area contributed by atoms with E-state index in [0.29, 0.717) is 0 Å². The van der Waals surface area contributed by atoms with Crippen molar-refractivity contribution in [1.82, 2.24) is 0 Å². The number of carboxylic acids is 1. The van der Waals surface area contributed by atoms with Gasteiger partial charge in [0.05, 0.1) is 17.0 Å². The first-order valence-electron chi connectivity index (χ1n) is 4.33. The van der Waals surface area contributed by atoms with Crippen molar-refractivity contribution in [3.8, 4) is 5.75 Å². The number of carboxylic acid groups (broad SMARTS) is 1. The summed E-state index contributed by atoms with van der Waals surface area (Å²) in [6.07, 6.45) is 0. The molecule has 0 bridgehead atoms. The SMILES string of the molecule is COc1cc(N)c([N+](=O)[O-])c(C(=O)O)c1[N+](=O)[O-]. The van der Waals surface area contributed by atoms with Crippen molar-refractivity contribution in [1.29, 1.82) is 0 Å². The number of anilines is 1. The fourth-order valence-corrected chi connectivity index (χ4v) is 1.39. The van der Waals surface area contributed by atoms with Gasteiger partial charge in [0.2, 0.25) is 5.56 Å². The Balaban J connectivity index is 3.87. The number of benzene rings is 1. The predicted molar refractivity (Wildman–Crippen MR) is 57.7 cm³/mol. The smallest absolute Gasteiger partial charge is 0.350 e. The molecule has 0 atom stereocenters. The molecule has 0 aromatic heterocycles. The Morgan fingerprint density at radius 3 is 2.17 bits per heavy atom. The highest BCUT2D eigenvalue weighted by Gasteiger charge is 2.37. The number of methoxy groups -OCH3 is 1. The number of nitrogen functional groups attached to an aromatic ring is 1. The van der Waals surface area contributed by atoms with Crippen LogP contribution in [-0.4, -0.2) is 28.0 Å². The number of rotatable bonds is 4. The molecule has 0 aliphatic carbocycles. The molecular weight excluding hydrogens is 250 g/mol. The van der Waals surface area contributed by atoms with Gasteiger partial charge in [-0.1, -0.05) is 0 Å². The molecule has 1 rings (SSSR count). The summed E-state index contributed by atoms with van der Waals surface area (Å²) in [5, 5.41) is 30.4. The zero-order valence-electron chi connectivity index (χ0n) is 8.95. The average molecular weight is 257 g/mol. The van der Waals surface area contributed by atoms with Gasteiger partial charge in [-0.05, 0) is 0 Å². The summed E-state index contributed by atoms with van der Waals surface area (Å²) in [6, 6.07) is 0.836. The molecule has 0 spiro atoms. The zero-order valence-corrected chi connectivity index (χ0v) is 8.95. The average Bonchev–Trinajstić information content (AvgIpc) is 2.25. The minimum atomic E-state index is -1.83. The molecular formula is C8H7N3O7. The van der Waals surface area contributed by atoms with Crippen LogP contribution in [0.3, 0.4) is 0 Å². The number of carbonyl (C=O) groups is 1. The molecule has 0 amide bonds. The molecule has 0 fully saturated rings. The topological polar surface area (TPSA) is 159 Å². The van der Waals surface area contributed by atoms with Crippen molar-refractivity contribution in [2.24, 2.45) is 0 Å². The fraction of sp³-hybridized carbons (Fsp3) is 0.125. The Bertz CT molecular complexity index is 554. The second kappa shape index (κ2) is 4.53. The summed E-state index contributed by atoms with van der Waals surface area (Å²) in [7, 11) is 1.05. The highest BCUT2D eigenvalue weighted by atomic mass is 16.6. The lowest BCUT2D eigenvalue weighted by molar-refractivity contribution is -0.394. The van der Waals surface area contributed by atoms with E-state index in [0.717, 1.165) is 13.2 Å². The maximum absolute atomic E-state index is 11.0. The second-order valence-corrected chi connectivity index (χ2v) is 3.06. The lowest BCUT2D eigenvalue weighted by Gasteiger charge is -2.07. The van der Waals surface area contributed by atoms with Crippen LogP contribution in [0.1, 0.15) is 10.4 Å². The van der Waals surface area contributed by atoms with Gasteiger partial charge in [0.25, 0.3) is 0 Å². The van der Waals surface area contributed by atoms with E-state index in [1.807, 2.05) is 0 Å². The molecule has 1 aromatic carbocycles. The van der Waals surface area contributed by atoms with Crippen molar-refractivity contribution in [3.63, 3.8) is 0 Å². The molecule has 0 saturated heterocycles. The number of nitrogens with two attached hydrogens (primary N) is 1. The van der Waals surface area contributed by atoms with Crippen LogP contribution in [0.25, 0.3) is 0 Å². The number of aromatic carboxylic acids is 1. The van der Waals surface area contributed by atoms with Crippen LogP contribution >= 0.6 is 0 Å². The molecule has 0 heterocycles. The summed E-state index contributed by atoms with van der Waals surface area (Å²) in [4.78, 5) is 30.3. The third kappa shape index (κ3) is 1.98. The monoisotopic (exact) mass is 257 g/mol. The number of nitro groups is 2. The summed E-state index contributed by atoms with van der Waals surface area (Å²) in [5.41, 5.74) is 1.62. The Kier molecular flexibility index (Phi) is 3.31. The van der Waals surface area contributed by atoms with Crippen molar-refractivity contribution >= 4 is 23.0 Å². The molecule has 96 valence electrons. The first kappa shape index (κ1) is 13.2. The Hall–Kier alpha value is -2.91. The highest BCUT2D eigenvalue weighted by molar-refractivity contribution is 6.01. The van der Waals surface area contributed by atoms with Gasteiger partial charge in [-0.25, -0.2) is 4.79 Å². The molecule has 0 unspecified atom stereocenters. The van der Waals surface area contributed by atoms with E-state index in [9.17, 15) is 25.0 Å². The van der Waals surface area contributed by atoms with Gasteiger partial charge < -0.3 is 15.6 Å². The normalized spacial score (nSPS) is 9.83. The summed E-state index contributed by atoms with van der Waals surface area (Å²) < 4.78 is 4.61. The van der Waals surface area contributed by atoms with Crippen LogP contribution in [-0.2, 0) is 0 Å². The van der Waals surface area contributed by atoms with E-state index in [1.54, 1.807) is 0 Å². The molecule has 0 radical (unpaired) electrons. The number of ether oxygens (including phenoxy) is 1. The van der Waals surface area contributed by atoms with Crippen LogP contribution in [0.2, 0.25) is 0 Å². The van der Waals surface area contributed by atoms with Crippen molar-refractivity contribution < 1.29 is 24.5 Å². The van der Waals surface area contributed by atoms with Crippen molar-refractivity contribution in [2.75, 3.05) is 12.8 Å². The first-order valence-corrected chi connectivity index (χ1v) is 4.33. The zero-order chi connectivity index (χ0) is 14.0. The molecule has 0 saturated carbocycles. The molecule has 0 aliphatic heterocycles. The lowest BCUT2D eigenvalue weighted by Crippen LogP contribution is -2.10. The number of hydrogen-bond donors (Lipinski definition) is 2. The number of nitrogens with zero attached hydrogens (tertiary/aromatic N) is 2. The fourth-order valence-electron chi connectivity index (χ4n) is 1.39. The third-order valence-corrected chi connectivity index (χ3v) is 2.07. The molecule has 18 heavy (non-hydrogen) atoms.